The van der Waals surface area contributed by atoms with E-state index in [0.717, 1.165) is 36.5 Å². The fraction of sp³-hybridized carbons (Fsp3) is 0.467. The van der Waals surface area contributed by atoms with Crippen molar-refractivity contribution in [3.8, 4) is 11.5 Å². The molecule has 176 valence electrons. The number of fused-ring (bicyclic) bond motifs is 9. The van der Waals surface area contributed by atoms with Crippen molar-refractivity contribution in [3.05, 3.63) is 72.8 Å². The summed E-state index contributed by atoms with van der Waals surface area (Å²) in [5.74, 6) is 6.27. The number of para-hydroxylation sites is 2. The number of hydrogen-bond donors (Lipinski definition) is 0. The van der Waals surface area contributed by atoms with Crippen molar-refractivity contribution >= 4 is 11.9 Å². The molecule has 3 fully saturated rings. The van der Waals surface area contributed by atoms with Crippen molar-refractivity contribution < 1.29 is 19.1 Å². The average Bonchev–Trinajstić information content (AvgIpc) is 3.62. The van der Waals surface area contributed by atoms with E-state index in [2.05, 4.69) is 12.2 Å². The third kappa shape index (κ3) is 3.97. The first-order valence-corrected chi connectivity index (χ1v) is 12.9. The van der Waals surface area contributed by atoms with Crippen molar-refractivity contribution in [3.63, 3.8) is 0 Å². The van der Waals surface area contributed by atoms with Crippen molar-refractivity contribution in [2.75, 3.05) is 0 Å². The monoisotopic (exact) mass is 456 g/mol. The lowest BCUT2D eigenvalue weighted by Crippen LogP contribution is -2.37. The van der Waals surface area contributed by atoms with E-state index in [4.69, 9.17) is 9.47 Å². The van der Waals surface area contributed by atoms with E-state index in [1.807, 2.05) is 60.7 Å². The molecule has 4 aliphatic carbocycles. The highest BCUT2D eigenvalue weighted by Gasteiger charge is 2.63. The van der Waals surface area contributed by atoms with E-state index in [1.165, 1.54) is 12.8 Å². The van der Waals surface area contributed by atoms with Crippen LogP contribution < -0.4 is 9.47 Å². The predicted octanol–water partition coefficient (Wildman–Crippen LogP) is 6.08. The number of allylic oxidation sites excluding steroid dienone is 2. The summed E-state index contributed by atoms with van der Waals surface area (Å²) in [6.07, 6.45) is 10.1. The van der Waals surface area contributed by atoms with Gasteiger partial charge < -0.3 is 9.47 Å². The molecule has 0 spiro atoms. The molecule has 4 aliphatic rings. The molecule has 4 bridgehead atoms. The molecule has 2 aromatic rings. The molecule has 0 heterocycles. The van der Waals surface area contributed by atoms with Gasteiger partial charge in [-0.3, -0.25) is 9.59 Å². The van der Waals surface area contributed by atoms with Crippen LogP contribution in [0.3, 0.4) is 0 Å². The van der Waals surface area contributed by atoms with Crippen molar-refractivity contribution in [1.82, 2.24) is 0 Å². The van der Waals surface area contributed by atoms with Gasteiger partial charge >= 0.3 is 11.9 Å². The molecule has 8 atom stereocenters. The van der Waals surface area contributed by atoms with Crippen LogP contribution >= 0.6 is 0 Å². The Morgan fingerprint density at radius 1 is 0.647 bits per heavy atom. The fourth-order valence-corrected chi connectivity index (χ4v) is 8.06. The highest BCUT2D eigenvalue weighted by Crippen LogP contribution is 2.69. The SMILES string of the molecule is O=C(CCC1C(CCC(=O)Oc2ccccc2)C2CC1C1C3C=CC(C3)C21)Oc1ccccc1. The van der Waals surface area contributed by atoms with Crippen LogP contribution in [0.15, 0.2) is 72.8 Å². The summed E-state index contributed by atoms with van der Waals surface area (Å²) < 4.78 is 11.1. The minimum Gasteiger partial charge on any atom is -0.427 e. The maximum atomic E-state index is 12.6. The number of esters is 2. The van der Waals surface area contributed by atoms with E-state index in [0.29, 0.717) is 48.0 Å². The summed E-state index contributed by atoms with van der Waals surface area (Å²) in [6.45, 7) is 0. The zero-order valence-corrected chi connectivity index (χ0v) is 19.4. The highest BCUT2D eigenvalue weighted by molar-refractivity contribution is 5.73. The van der Waals surface area contributed by atoms with Crippen molar-refractivity contribution in [2.24, 2.45) is 47.3 Å². The van der Waals surface area contributed by atoms with E-state index < -0.39 is 0 Å². The second-order valence-corrected chi connectivity index (χ2v) is 10.6. The zero-order chi connectivity index (χ0) is 23.1. The second-order valence-electron chi connectivity index (χ2n) is 10.6. The van der Waals surface area contributed by atoms with Crippen LogP contribution in [-0.2, 0) is 9.59 Å². The molecule has 34 heavy (non-hydrogen) atoms. The lowest BCUT2D eigenvalue weighted by Gasteiger charge is -2.42. The van der Waals surface area contributed by atoms with Gasteiger partial charge in [0.05, 0.1) is 0 Å². The quantitative estimate of drug-likeness (QED) is 0.209. The van der Waals surface area contributed by atoms with E-state index in [-0.39, 0.29) is 11.9 Å². The third-order valence-corrected chi connectivity index (χ3v) is 9.08. The van der Waals surface area contributed by atoms with Crippen LogP contribution in [0.4, 0.5) is 0 Å². The molecule has 0 radical (unpaired) electrons. The van der Waals surface area contributed by atoms with Crippen molar-refractivity contribution in [2.45, 2.75) is 38.5 Å². The molecule has 6 rings (SSSR count). The maximum absolute atomic E-state index is 12.6. The molecule has 0 N–H and O–H groups in total. The molecule has 2 aromatic carbocycles. The van der Waals surface area contributed by atoms with Crippen LogP contribution in [0.25, 0.3) is 0 Å². The third-order valence-electron chi connectivity index (χ3n) is 9.08. The topological polar surface area (TPSA) is 52.6 Å². The molecule has 0 saturated heterocycles. The Labute approximate surface area is 201 Å². The van der Waals surface area contributed by atoms with Crippen molar-refractivity contribution in [1.29, 1.82) is 0 Å². The van der Waals surface area contributed by atoms with E-state index in [1.54, 1.807) is 0 Å². The van der Waals surface area contributed by atoms with E-state index >= 15 is 0 Å². The van der Waals surface area contributed by atoms with Crippen LogP contribution in [0.2, 0.25) is 0 Å². The van der Waals surface area contributed by atoms with Gasteiger partial charge in [-0.2, -0.15) is 0 Å². The molecular formula is C30H32O4. The zero-order valence-electron chi connectivity index (χ0n) is 19.4. The first-order valence-electron chi connectivity index (χ1n) is 12.9. The molecule has 8 unspecified atom stereocenters. The summed E-state index contributed by atoms with van der Waals surface area (Å²) in [4.78, 5) is 25.2. The standard InChI is InChI=1S/C30H32O4/c31-27(33-21-7-3-1-4-8-21)15-13-23-24(14-16-28(32)34-22-9-5-2-6-10-22)26-18-25(23)29-19-11-12-20(17-19)30(26)29/h1-12,19-20,23-26,29-30H,13-18H2. The highest BCUT2D eigenvalue weighted by atomic mass is 16.5. The molecule has 4 heteroatoms. The molecule has 0 amide bonds. The summed E-state index contributed by atoms with van der Waals surface area (Å²) in [5.41, 5.74) is 0. The minimum atomic E-state index is -0.152. The van der Waals surface area contributed by atoms with Gasteiger partial charge in [-0.25, -0.2) is 0 Å². The Bertz CT molecular complexity index is 978. The fourth-order valence-electron chi connectivity index (χ4n) is 8.06. The largest absolute Gasteiger partial charge is 0.427 e. The Balaban J connectivity index is 1.12. The van der Waals surface area contributed by atoms with Gasteiger partial charge in [0.1, 0.15) is 11.5 Å². The molecule has 4 nitrogen and oxygen atoms in total. The summed E-state index contributed by atoms with van der Waals surface area (Å²) >= 11 is 0. The first-order chi connectivity index (χ1) is 16.7. The van der Waals surface area contributed by atoms with Gasteiger partial charge in [0.2, 0.25) is 0 Å². The second kappa shape index (κ2) is 9.05. The number of carbonyl (C=O) groups is 2. The van der Waals surface area contributed by atoms with Crippen LogP contribution in [-0.4, -0.2) is 11.9 Å². The Morgan fingerprint density at radius 3 is 1.53 bits per heavy atom. The van der Waals surface area contributed by atoms with Crippen LogP contribution in [0.1, 0.15) is 38.5 Å². The number of rotatable bonds is 8. The minimum absolute atomic E-state index is 0.152. The molecule has 0 aromatic heterocycles. The Kier molecular flexibility index (Phi) is 5.76. The lowest BCUT2D eigenvalue weighted by atomic mass is 9.63. The number of benzene rings is 2. The summed E-state index contributed by atoms with van der Waals surface area (Å²) in [5, 5.41) is 0. The Hall–Kier alpha value is -2.88. The van der Waals surface area contributed by atoms with Gasteiger partial charge in [0.25, 0.3) is 0 Å². The summed E-state index contributed by atoms with van der Waals surface area (Å²) in [6, 6.07) is 18.6. The Morgan fingerprint density at radius 2 is 1.09 bits per heavy atom. The van der Waals surface area contributed by atoms with Gasteiger partial charge in [-0.15, -0.1) is 0 Å². The number of carbonyl (C=O) groups excluding carboxylic acids is 2. The van der Waals surface area contributed by atoms with Crippen LogP contribution in [0, 0.1) is 47.3 Å². The normalized spacial score (nSPS) is 34.2. The van der Waals surface area contributed by atoms with Gasteiger partial charge in [-0.1, -0.05) is 48.6 Å². The first kappa shape index (κ1) is 21.6. The molecule has 3 saturated carbocycles. The van der Waals surface area contributed by atoms with Crippen LogP contribution in [0.5, 0.6) is 11.5 Å². The lowest BCUT2D eigenvalue weighted by molar-refractivity contribution is -0.136. The van der Waals surface area contributed by atoms with Gasteiger partial charge in [-0.05, 0) is 97.3 Å². The number of hydrogen-bond acceptors (Lipinski definition) is 4. The average molecular weight is 457 g/mol. The van der Waals surface area contributed by atoms with Gasteiger partial charge in [0, 0.05) is 12.8 Å². The van der Waals surface area contributed by atoms with E-state index in [9.17, 15) is 9.59 Å². The summed E-state index contributed by atoms with van der Waals surface area (Å²) in [7, 11) is 0. The number of ether oxygens (including phenoxy) is 2. The smallest absolute Gasteiger partial charge is 0.311 e. The van der Waals surface area contributed by atoms with Gasteiger partial charge in [0.15, 0.2) is 0 Å². The molecular weight excluding hydrogens is 424 g/mol. The molecule has 0 aliphatic heterocycles. The predicted molar refractivity (Wildman–Crippen MR) is 129 cm³/mol. The maximum Gasteiger partial charge on any atom is 0.311 e.